The number of hydrogen-bond acceptors (Lipinski definition) is 3. The summed E-state index contributed by atoms with van der Waals surface area (Å²) in [5.41, 5.74) is -14.3. The van der Waals surface area contributed by atoms with Crippen LogP contribution in [0.15, 0.2) is 0 Å². The Kier molecular flexibility index (Phi) is 19.4. The second kappa shape index (κ2) is 20.8. The number of hydrogen-bond donors (Lipinski definition) is 3. The SMILES string of the molecule is CC(C)O.CC(C)O.CC(C)O.Fc1c(F)c(F)c([B-](c2c(F)c(F)c(F)c(F)c2F)(c2c(F)c(F)c(F)c(F)c2F)c2c(F)c(F)c(F)c(F)c2F)c(F)c1F.[Li+]. The van der Waals surface area contributed by atoms with Crippen molar-refractivity contribution in [1.29, 1.82) is 0 Å². The van der Waals surface area contributed by atoms with Crippen molar-refractivity contribution in [1.82, 2.24) is 0 Å². The van der Waals surface area contributed by atoms with Crippen molar-refractivity contribution in [2.24, 2.45) is 0 Å². The summed E-state index contributed by atoms with van der Waals surface area (Å²) in [6, 6.07) is 0. The van der Waals surface area contributed by atoms with Gasteiger partial charge in [-0.05, 0) is 41.5 Å². The van der Waals surface area contributed by atoms with Gasteiger partial charge < -0.3 is 15.3 Å². The van der Waals surface area contributed by atoms with Crippen molar-refractivity contribution >= 4 is 28.0 Å². The second-order valence-corrected chi connectivity index (χ2v) is 12.1. The summed E-state index contributed by atoms with van der Waals surface area (Å²) in [7, 11) is 0. The average Bonchev–Trinajstić information content (AvgIpc) is 3.10. The van der Waals surface area contributed by atoms with Crippen molar-refractivity contribution in [3.8, 4) is 0 Å². The molecule has 0 aliphatic heterocycles. The van der Waals surface area contributed by atoms with Crippen molar-refractivity contribution < 1.29 is 122 Å². The number of halogens is 20. The normalized spacial score (nSPS) is 11.2. The number of aliphatic hydroxyl groups is 3. The molecule has 4 aromatic carbocycles. The van der Waals surface area contributed by atoms with E-state index in [9.17, 15) is 52.7 Å². The van der Waals surface area contributed by atoms with Gasteiger partial charge in [0.25, 0.3) is 0 Å². The van der Waals surface area contributed by atoms with Gasteiger partial charge in [-0.25, -0.2) is 87.8 Å². The van der Waals surface area contributed by atoms with Crippen LogP contribution in [0.2, 0.25) is 0 Å². The van der Waals surface area contributed by atoms with Crippen LogP contribution in [-0.2, 0) is 0 Å². The van der Waals surface area contributed by atoms with Gasteiger partial charge in [0.2, 0.25) is 0 Å². The first kappa shape index (κ1) is 54.0. The smallest absolute Gasteiger partial charge is 0.394 e. The van der Waals surface area contributed by atoms with Crippen LogP contribution in [0.4, 0.5) is 87.8 Å². The van der Waals surface area contributed by atoms with E-state index in [1.807, 2.05) is 0 Å². The fraction of sp³-hybridized carbons (Fsp3) is 0.273. The zero-order chi connectivity index (χ0) is 45.1. The van der Waals surface area contributed by atoms with Crippen LogP contribution in [0.1, 0.15) is 41.5 Å². The van der Waals surface area contributed by atoms with Gasteiger partial charge in [-0.2, -0.15) is 0 Å². The number of aliphatic hydroxyl groups excluding tert-OH is 3. The zero-order valence-corrected chi connectivity index (χ0v) is 30.2. The summed E-state index contributed by atoms with van der Waals surface area (Å²) >= 11 is 0. The van der Waals surface area contributed by atoms with Gasteiger partial charge in [0.15, 0.2) is 69.8 Å². The predicted molar refractivity (Wildman–Crippen MR) is 161 cm³/mol. The molecule has 0 unspecified atom stereocenters. The summed E-state index contributed by atoms with van der Waals surface area (Å²) in [4.78, 5) is 0. The minimum absolute atomic E-state index is 0. The zero-order valence-electron chi connectivity index (χ0n) is 30.2. The van der Waals surface area contributed by atoms with E-state index < -0.39 is 144 Å². The summed E-state index contributed by atoms with van der Waals surface area (Å²) in [6.07, 6.45) is -7.72. The van der Waals surface area contributed by atoms with Gasteiger partial charge >= 0.3 is 18.9 Å². The maximum Gasteiger partial charge on any atom is 1.00 e. The minimum Gasteiger partial charge on any atom is -0.394 e. The quantitative estimate of drug-likeness (QED) is 0.126. The molecule has 4 aromatic rings. The first-order valence-electron chi connectivity index (χ1n) is 15.2. The molecule has 0 radical (unpaired) electrons. The molecule has 0 spiro atoms. The molecule has 3 N–H and O–H groups in total. The summed E-state index contributed by atoms with van der Waals surface area (Å²) in [6.45, 7) is 10.3. The molecule has 0 heterocycles. The maximum atomic E-state index is 15.4. The molecule has 25 heteroatoms. The van der Waals surface area contributed by atoms with Crippen LogP contribution in [0.3, 0.4) is 0 Å². The first-order valence-corrected chi connectivity index (χ1v) is 15.2. The van der Waals surface area contributed by atoms with Crippen LogP contribution in [0.25, 0.3) is 0 Å². The molecule has 0 saturated heterocycles. The second-order valence-electron chi connectivity index (χ2n) is 12.1. The molecule has 0 bridgehead atoms. The van der Waals surface area contributed by atoms with E-state index in [1.54, 1.807) is 41.5 Å². The van der Waals surface area contributed by atoms with Gasteiger partial charge in [-0.3, -0.25) is 0 Å². The Bertz CT molecular complexity index is 1730. The van der Waals surface area contributed by atoms with Crippen molar-refractivity contribution in [3.63, 3.8) is 0 Å². The van der Waals surface area contributed by atoms with Gasteiger partial charge in [-0.1, -0.05) is 0 Å². The summed E-state index contributed by atoms with van der Waals surface area (Å²) < 4.78 is 294. The molecule has 3 nitrogen and oxygen atoms in total. The minimum atomic E-state index is -7.22. The summed E-state index contributed by atoms with van der Waals surface area (Å²) in [5, 5.41) is 24.2. The molecule has 0 atom stereocenters. The predicted octanol–water partition coefficient (Wildman–Crippen LogP) is 4.01. The van der Waals surface area contributed by atoms with Crippen LogP contribution < -0.4 is 40.7 Å². The third kappa shape index (κ3) is 10.1. The Morgan fingerprint density at radius 2 is 0.310 bits per heavy atom. The van der Waals surface area contributed by atoms with E-state index >= 15 is 35.1 Å². The summed E-state index contributed by atoms with van der Waals surface area (Å²) in [5.74, 6) is -71.4. The monoisotopic (exact) mass is 866 g/mol. The van der Waals surface area contributed by atoms with Crippen LogP contribution in [-0.4, -0.2) is 39.8 Å². The largest absolute Gasteiger partial charge is 1.00 e. The van der Waals surface area contributed by atoms with Gasteiger partial charge in [-0.15, -0.1) is 21.9 Å². The Hall–Kier alpha value is -3.98. The topological polar surface area (TPSA) is 60.7 Å². The van der Waals surface area contributed by atoms with E-state index in [4.69, 9.17) is 15.3 Å². The van der Waals surface area contributed by atoms with Crippen molar-refractivity contribution in [2.45, 2.75) is 59.9 Å². The van der Waals surface area contributed by atoms with Gasteiger partial charge in [0.1, 0.15) is 52.7 Å². The molecule has 0 aliphatic carbocycles. The molecule has 0 saturated carbocycles. The third-order valence-corrected chi connectivity index (χ3v) is 6.71. The van der Waals surface area contributed by atoms with Crippen LogP contribution in [0.5, 0.6) is 0 Å². The van der Waals surface area contributed by atoms with Crippen LogP contribution in [0, 0.1) is 116 Å². The Morgan fingerprint density at radius 3 is 0.397 bits per heavy atom. The van der Waals surface area contributed by atoms with Crippen molar-refractivity contribution in [2.75, 3.05) is 0 Å². The van der Waals surface area contributed by atoms with E-state index in [1.165, 1.54) is 0 Å². The molecule has 318 valence electrons. The fourth-order valence-electron chi connectivity index (χ4n) is 4.87. The standard InChI is InChI=1S/C24BF20.3C3H8O.Li/c26-5-1(6(27)14(35)21(42)13(5)34)25(2-7(28)15(36)22(43)16(37)8(2)29,3-9(30)17(38)23(44)18(39)10(3)31)4-11(32)19(40)24(45)20(41)12(4)33;3*1-3(2)4;/h;3*3-4H,1-2H3;/q-1;;;;+1. The molecule has 58 heavy (non-hydrogen) atoms. The maximum absolute atomic E-state index is 15.4. The first-order chi connectivity index (χ1) is 25.9. The van der Waals surface area contributed by atoms with E-state index in [-0.39, 0.29) is 37.2 Å². The third-order valence-electron chi connectivity index (χ3n) is 6.71. The van der Waals surface area contributed by atoms with Crippen molar-refractivity contribution in [3.05, 3.63) is 116 Å². The molecular weight excluding hydrogens is 842 g/mol. The molecule has 4 rings (SSSR count). The fourth-order valence-corrected chi connectivity index (χ4v) is 4.87. The Morgan fingerprint density at radius 1 is 0.241 bits per heavy atom. The van der Waals surface area contributed by atoms with Gasteiger partial charge in [0.05, 0.1) is 0 Å². The Labute approximate surface area is 326 Å². The molecule has 0 amide bonds. The van der Waals surface area contributed by atoms with E-state index in [0.717, 1.165) is 0 Å². The van der Waals surface area contributed by atoms with Crippen LogP contribution >= 0.6 is 0 Å². The van der Waals surface area contributed by atoms with Gasteiger partial charge in [0, 0.05) is 18.3 Å². The molecule has 0 aromatic heterocycles. The molecule has 0 aliphatic rings. The average molecular weight is 866 g/mol. The Balaban J connectivity index is 0.00000220. The van der Waals surface area contributed by atoms with E-state index in [2.05, 4.69) is 0 Å². The number of rotatable bonds is 4. The molecule has 0 fully saturated rings. The molecular formula is C33H24BF20LiO3. The number of benzene rings is 4. The van der Waals surface area contributed by atoms with E-state index in [0.29, 0.717) is 0 Å².